The highest BCUT2D eigenvalue weighted by Crippen LogP contribution is 2.27. The molecule has 0 saturated heterocycles. The molecule has 1 aromatic heterocycles. The number of nitrogens with zero attached hydrogens (tertiary/aromatic N) is 2. The molecule has 3 aromatic rings. The maximum absolute atomic E-state index is 12.7. The Morgan fingerprint density at radius 1 is 1.00 bits per heavy atom. The molecule has 5 heteroatoms. The summed E-state index contributed by atoms with van der Waals surface area (Å²) < 4.78 is 1.44. The Hall–Kier alpha value is -3.08. The average Bonchev–Trinajstić information content (AvgIpc) is 2.92. The zero-order valence-electron chi connectivity index (χ0n) is 12.3. The van der Waals surface area contributed by atoms with Crippen LogP contribution in [0.3, 0.4) is 0 Å². The minimum Gasteiger partial charge on any atom is -0.508 e. The lowest BCUT2D eigenvalue weighted by atomic mass is 10.2. The van der Waals surface area contributed by atoms with Crippen LogP contribution in [-0.2, 0) is 6.54 Å². The van der Waals surface area contributed by atoms with Crippen LogP contribution < -0.4 is 0 Å². The van der Waals surface area contributed by atoms with E-state index in [-0.39, 0.29) is 24.1 Å². The van der Waals surface area contributed by atoms with Crippen LogP contribution in [0.15, 0.2) is 54.6 Å². The molecule has 1 aliphatic heterocycles. The Kier molecular flexibility index (Phi) is 2.94. The van der Waals surface area contributed by atoms with Gasteiger partial charge >= 0.3 is 0 Å². The molecule has 0 fully saturated rings. The number of rotatable bonds is 2. The second kappa shape index (κ2) is 4.98. The van der Waals surface area contributed by atoms with Gasteiger partial charge in [0, 0.05) is 11.9 Å². The molecule has 2 heterocycles. The molecule has 1 aliphatic rings. The molecule has 0 radical (unpaired) electrons. The van der Waals surface area contributed by atoms with Gasteiger partial charge < -0.3 is 10.0 Å². The third-order valence-electron chi connectivity index (χ3n) is 4.08. The molecular weight excluding hydrogens is 292 g/mol. The molecule has 2 aromatic carbocycles. The molecule has 0 atom stereocenters. The predicted octanol–water partition coefficient (Wildman–Crippen LogP) is 2.64. The van der Waals surface area contributed by atoms with Gasteiger partial charge in [-0.05, 0) is 29.8 Å². The minimum atomic E-state index is -0.177. The van der Waals surface area contributed by atoms with E-state index in [4.69, 9.17) is 0 Å². The average molecular weight is 306 g/mol. The van der Waals surface area contributed by atoms with Gasteiger partial charge in [0.1, 0.15) is 18.0 Å². The molecule has 0 unspecified atom stereocenters. The Morgan fingerprint density at radius 2 is 1.78 bits per heavy atom. The second-order valence-corrected chi connectivity index (χ2v) is 5.65. The number of carbonyl (C=O) groups excluding carboxylic acids is 2. The number of hydrogen-bond acceptors (Lipinski definition) is 3. The van der Waals surface area contributed by atoms with E-state index in [0.717, 1.165) is 5.56 Å². The summed E-state index contributed by atoms with van der Waals surface area (Å²) >= 11 is 0. The van der Waals surface area contributed by atoms with Crippen molar-refractivity contribution in [2.24, 2.45) is 0 Å². The number of fused-ring (bicyclic) bond motifs is 3. The molecule has 23 heavy (non-hydrogen) atoms. The van der Waals surface area contributed by atoms with Crippen LogP contribution in [0.5, 0.6) is 5.75 Å². The van der Waals surface area contributed by atoms with Gasteiger partial charge in [-0.1, -0.05) is 30.3 Å². The molecular formula is C18H14N2O3. The lowest BCUT2D eigenvalue weighted by molar-refractivity contribution is 0.0612. The first-order chi connectivity index (χ1) is 11.1. The fourth-order valence-corrected chi connectivity index (χ4v) is 3.03. The SMILES string of the molecule is O=C1c2cc3cc(O)ccc3n2C(=O)CN1Cc1ccccc1. The Morgan fingerprint density at radius 3 is 2.57 bits per heavy atom. The van der Waals surface area contributed by atoms with Crippen LogP contribution in [0.1, 0.15) is 20.8 Å². The lowest BCUT2D eigenvalue weighted by Gasteiger charge is -2.27. The van der Waals surface area contributed by atoms with Gasteiger partial charge in [-0.15, -0.1) is 0 Å². The molecule has 0 spiro atoms. The maximum atomic E-state index is 12.7. The number of amides is 1. The maximum Gasteiger partial charge on any atom is 0.271 e. The summed E-state index contributed by atoms with van der Waals surface area (Å²) in [6, 6.07) is 16.0. The highest BCUT2D eigenvalue weighted by molar-refractivity contribution is 6.09. The topological polar surface area (TPSA) is 62.5 Å². The van der Waals surface area contributed by atoms with Gasteiger partial charge in [-0.3, -0.25) is 14.2 Å². The van der Waals surface area contributed by atoms with Crippen molar-refractivity contribution in [3.8, 4) is 5.75 Å². The number of aromatic hydroxyl groups is 1. The van der Waals surface area contributed by atoms with E-state index >= 15 is 0 Å². The van der Waals surface area contributed by atoms with Gasteiger partial charge in [0.05, 0.1) is 5.52 Å². The first kappa shape index (κ1) is 13.6. The molecule has 0 aliphatic carbocycles. The van der Waals surface area contributed by atoms with Crippen molar-refractivity contribution in [1.82, 2.24) is 9.47 Å². The molecule has 1 amide bonds. The predicted molar refractivity (Wildman–Crippen MR) is 85.4 cm³/mol. The van der Waals surface area contributed by atoms with E-state index < -0.39 is 0 Å². The Bertz CT molecular complexity index is 928. The number of benzene rings is 2. The molecule has 0 saturated carbocycles. The van der Waals surface area contributed by atoms with Crippen LogP contribution in [0.2, 0.25) is 0 Å². The van der Waals surface area contributed by atoms with E-state index in [1.54, 1.807) is 23.1 Å². The lowest BCUT2D eigenvalue weighted by Crippen LogP contribution is -2.43. The fraction of sp³-hybridized carbons (Fsp3) is 0.111. The van der Waals surface area contributed by atoms with E-state index in [2.05, 4.69) is 0 Å². The zero-order valence-corrected chi connectivity index (χ0v) is 12.3. The monoisotopic (exact) mass is 306 g/mol. The number of aromatic nitrogens is 1. The van der Waals surface area contributed by atoms with Crippen LogP contribution >= 0.6 is 0 Å². The molecule has 1 N–H and O–H groups in total. The van der Waals surface area contributed by atoms with Crippen LogP contribution in [0, 0.1) is 0 Å². The van der Waals surface area contributed by atoms with E-state index in [0.29, 0.717) is 23.1 Å². The second-order valence-electron chi connectivity index (χ2n) is 5.65. The standard InChI is InChI=1S/C18H14N2O3/c21-14-6-7-15-13(8-14)9-16-18(23)19(11-17(22)20(15)16)10-12-4-2-1-3-5-12/h1-9,21H,10-11H2. The third-order valence-corrected chi connectivity index (χ3v) is 4.08. The van der Waals surface area contributed by atoms with E-state index in [9.17, 15) is 14.7 Å². The summed E-state index contributed by atoms with van der Waals surface area (Å²) in [6.45, 7) is 0.448. The number of phenolic OH excluding ortho intramolecular Hbond substituents is 1. The summed E-state index contributed by atoms with van der Waals surface area (Å²) in [5.41, 5.74) is 1.98. The van der Waals surface area contributed by atoms with Crippen molar-refractivity contribution in [2.45, 2.75) is 6.54 Å². The first-order valence-electron chi connectivity index (χ1n) is 7.34. The molecule has 5 nitrogen and oxygen atoms in total. The molecule has 114 valence electrons. The zero-order chi connectivity index (χ0) is 16.0. The van der Waals surface area contributed by atoms with Crippen molar-refractivity contribution in [1.29, 1.82) is 0 Å². The van der Waals surface area contributed by atoms with Crippen molar-refractivity contribution in [3.63, 3.8) is 0 Å². The number of hydrogen-bond donors (Lipinski definition) is 1. The van der Waals surface area contributed by atoms with Crippen molar-refractivity contribution in [2.75, 3.05) is 6.54 Å². The van der Waals surface area contributed by atoms with Crippen molar-refractivity contribution >= 4 is 22.7 Å². The van der Waals surface area contributed by atoms with Crippen molar-refractivity contribution in [3.05, 3.63) is 65.9 Å². The van der Waals surface area contributed by atoms with Crippen molar-refractivity contribution < 1.29 is 14.7 Å². The highest BCUT2D eigenvalue weighted by atomic mass is 16.3. The van der Waals surface area contributed by atoms with Crippen LogP contribution in [0.4, 0.5) is 0 Å². The van der Waals surface area contributed by atoms with Gasteiger partial charge in [0.25, 0.3) is 11.8 Å². The highest BCUT2D eigenvalue weighted by Gasteiger charge is 2.31. The van der Waals surface area contributed by atoms with E-state index in [1.807, 2.05) is 30.3 Å². The van der Waals surface area contributed by atoms with Gasteiger partial charge in [-0.25, -0.2) is 0 Å². The molecule has 4 rings (SSSR count). The summed E-state index contributed by atoms with van der Waals surface area (Å²) in [5.74, 6) is -0.207. The third kappa shape index (κ3) is 2.17. The Balaban J connectivity index is 1.76. The number of carbonyl (C=O) groups is 2. The normalized spacial score (nSPS) is 14.3. The van der Waals surface area contributed by atoms with E-state index in [1.165, 1.54) is 10.6 Å². The number of phenols is 1. The summed E-state index contributed by atoms with van der Waals surface area (Å²) in [5, 5.41) is 10.3. The summed E-state index contributed by atoms with van der Waals surface area (Å²) in [4.78, 5) is 26.8. The molecule has 0 bridgehead atoms. The Labute approximate surface area is 132 Å². The quantitative estimate of drug-likeness (QED) is 0.791. The van der Waals surface area contributed by atoms with Crippen LogP contribution in [-0.4, -0.2) is 32.9 Å². The van der Waals surface area contributed by atoms with Crippen LogP contribution in [0.25, 0.3) is 10.9 Å². The smallest absolute Gasteiger partial charge is 0.271 e. The van der Waals surface area contributed by atoms with Gasteiger partial charge in [0.2, 0.25) is 0 Å². The first-order valence-corrected chi connectivity index (χ1v) is 7.34. The summed E-state index contributed by atoms with van der Waals surface area (Å²) in [7, 11) is 0. The fourth-order valence-electron chi connectivity index (χ4n) is 3.03. The summed E-state index contributed by atoms with van der Waals surface area (Å²) in [6.07, 6.45) is 0. The largest absolute Gasteiger partial charge is 0.508 e. The van der Waals surface area contributed by atoms with Gasteiger partial charge in [0.15, 0.2) is 0 Å². The van der Waals surface area contributed by atoms with Gasteiger partial charge in [-0.2, -0.15) is 0 Å². The minimum absolute atomic E-state index is 0.0470.